The van der Waals surface area contributed by atoms with E-state index in [0.717, 1.165) is 19.3 Å². The zero-order valence-electron chi connectivity index (χ0n) is 12.3. The Balaban J connectivity index is 1.97. The van der Waals surface area contributed by atoms with Crippen LogP contribution in [0.15, 0.2) is 0 Å². The lowest BCUT2D eigenvalue weighted by atomic mass is 9.63. The van der Waals surface area contributed by atoms with Crippen molar-refractivity contribution in [1.82, 2.24) is 0 Å². The third-order valence-electron chi connectivity index (χ3n) is 4.83. The lowest BCUT2D eigenvalue weighted by Gasteiger charge is -2.42. The fraction of sp³-hybridized carbons (Fsp3) is 0.933. The Bertz CT molecular complexity index is 317. The average Bonchev–Trinajstić information content (AvgIpc) is 2.81. The van der Waals surface area contributed by atoms with Gasteiger partial charge in [0.05, 0.1) is 13.2 Å². The molecule has 0 radical (unpaired) electrons. The van der Waals surface area contributed by atoms with Gasteiger partial charge in [-0.25, -0.2) is 0 Å². The summed E-state index contributed by atoms with van der Waals surface area (Å²) in [5.41, 5.74) is 0.183. The molecule has 0 aromatic heterocycles. The van der Waals surface area contributed by atoms with Crippen molar-refractivity contribution in [2.75, 3.05) is 13.7 Å². The van der Waals surface area contributed by atoms with E-state index in [4.69, 9.17) is 14.2 Å². The van der Waals surface area contributed by atoms with Crippen LogP contribution in [0.1, 0.15) is 52.4 Å². The van der Waals surface area contributed by atoms with Gasteiger partial charge in [-0.15, -0.1) is 0 Å². The lowest BCUT2D eigenvalue weighted by molar-refractivity contribution is -0.143. The number of carbonyl (C=O) groups is 1. The van der Waals surface area contributed by atoms with E-state index in [1.54, 1.807) is 0 Å². The molecular formula is C15H26O4. The molecule has 19 heavy (non-hydrogen) atoms. The second-order valence-electron chi connectivity index (χ2n) is 6.02. The first-order valence-electron chi connectivity index (χ1n) is 7.43. The molecule has 0 spiro atoms. The summed E-state index contributed by atoms with van der Waals surface area (Å²) in [6.45, 7) is 5.00. The van der Waals surface area contributed by atoms with Crippen molar-refractivity contribution in [1.29, 1.82) is 0 Å². The Morgan fingerprint density at radius 2 is 2.26 bits per heavy atom. The van der Waals surface area contributed by atoms with E-state index in [1.165, 1.54) is 20.0 Å². The molecule has 1 saturated heterocycles. The summed E-state index contributed by atoms with van der Waals surface area (Å²) in [6.07, 6.45) is 6.12. The summed E-state index contributed by atoms with van der Waals surface area (Å²) in [5.74, 6) is 0.408. The van der Waals surface area contributed by atoms with Crippen molar-refractivity contribution < 1.29 is 19.0 Å². The van der Waals surface area contributed by atoms with Gasteiger partial charge in [0.15, 0.2) is 6.29 Å². The first-order chi connectivity index (χ1) is 9.09. The van der Waals surface area contributed by atoms with Gasteiger partial charge in [0.25, 0.3) is 0 Å². The maximum Gasteiger partial charge on any atom is 0.305 e. The number of methoxy groups -OCH3 is 1. The number of hydrogen-bond donors (Lipinski definition) is 0. The van der Waals surface area contributed by atoms with Crippen molar-refractivity contribution in [2.45, 2.75) is 64.8 Å². The molecule has 0 aromatic rings. The summed E-state index contributed by atoms with van der Waals surface area (Å²) in [6, 6.07) is 0. The highest BCUT2D eigenvalue weighted by Crippen LogP contribution is 2.51. The molecular weight excluding hydrogens is 244 g/mol. The van der Waals surface area contributed by atoms with Crippen LogP contribution in [0.5, 0.6) is 0 Å². The molecule has 0 amide bonds. The molecule has 0 N–H and O–H groups in total. The van der Waals surface area contributed by atoms with Crippen LogP contribution < -0.4 is 0 Å². The molecule has 1 unspecified atom stereocenters. The van der Waals surface area contributed by atoms with Gasteiger partial charge < -0.3 is 14.2 Å². The summed E-state index contributed by atoms with van der Waals surface area (Å²) >= 11 is 0. The van der Waals surface area contributed by atoms with Crippen LogP contribution in [-0.4, -0.2) is 32.1 Å². The van der Waals surface area contributed by atoms with Gasteiger partial charge in [-0.1, -0.05) is 13.3 Å². The third kappa shape index (κ3) is 3.29. The molecule has 2 aliphatic rings. The Labute approximate surface area is 115 Å². The van der Waals surface area contributed by atoms with Crippen LogP contribution in [0, 0.1) is 11.3 Å². The van der Waals surface area contributed by atoms with Crippen molar-refractivity contribution >= 4 is 5.97 Å². The number of esters is 1. The van der Waals surface area contributed by atoms with Crippen molar-refractivity contribution in [3.05, 3.63) is 0 Å². The molecule has 4 atom stereocenters. The topological polar surface area (TPSA) is 44.8 Å². The maximum atomic E-state index is 11.4. The van der Waals surface area contributed by atoms with Gasteiger partial charge in [-0.3, -0.25) is 4.79 Å². The lowest BCUT2D eigenvalue weighted by Crippen LogP contribution is -2.38. The van der Waals surface area contributed by atoms with Crippen molar-refractivity contribution in [3.8, 4) is 0 Å². The Kier molecular flexibility index (Phi) is 4.85. The minimum Gasteiger partial charge on any atom is -0.469 e. The second-order valence-corrected chi connectivity index (χ2v) is 6.02. The van der Waals surface area contributed by atoms with E-state index in [0.29, 0.717) is 25.0 Å². The normalized spacial score (nSPS) is 37.9. The summed E-state index contributed by atoms with van der Waals surface area (Å²) < 4.78 is 16.4. The van der Waals surface area contributed by atoms with Gasteiger partial charge >= 0.3 is 5.97 Å². The smallest absolute Gasteiger partial charge is 0.305 e. The highest BCUT2D eigenvalue weighted by molar-refractivity contribution is 5.69. The van der Waals surface area contributed by atoms with Gasteiger partial charge in [0, 0.05) is 19.4 Å². The number of hydrogen-bond acceptors (Lipinski definition) is 4. The van der Waals surface area contributed by atoms with Crippen LogP contribution >= 0.6 is 0 Å². The predicted molar refractivity (Wildman–Crippen MR) is 71.6 cm³/mol. The Morgan fingerprint density at radius 3 is 2.95 bits per heavy atom. The maximum absolute atomic E-state index is 11.4. The monoisotopic (exact) mass is 270 g/mol. The molecule has 1 saturated carbocycles. The van der Waals surface area contributed by atoms with Crippen LogP contribution in [0.2, 0.25) is 0 Å². The van der Waals surface area contributed by atoms with Crippen LogP contribution in [0.4, 0.5) is 0 Å². The first kappa shape index (κ1) is 14.8. The summed E-state index contributed by atoms with van der Waals surface area (Å²) in [4.78, 5) is 11.4. The molecule has 110 valence electrons. The highest BCUT2D eigenvalue weighted by Gasteiger charge is 2.48. The second kappa shape index (κ2) is 6.23. The first-order valence-corrected chi connectivity index (χ1v) is 7.43. The zero-order chi connectivity index (χ0) is 13.9. The average molecular weight is 270 g/mol. The highest BCUT2D eigenvalue weighted by atomic mass is 16.7. The fourth-order valence-corrected chi connectivity index (χ4v) is 3.69. The minimum atomic E-state index is -0.108. The fourth-order valence-electron chi connectivity index (χ4n) is 3.69. The minimum absolute atomic E-state index is 0.0458. The van der Waals surface area contributed by atoms with E-state index >= 15 is 0 Å². The molecule has 4 nitrogen and oxygen atoms in total. The SMILES string of the molecule is CCOC1C[C@H]2[C@H](CCC[C@@]2(C)CCC(=O)OC)O1. The number of rotatable bonds is 5. The Hall–Kier alpha value is -0.610. The van der Waals surface area contributed by atoms with Gasteiger partial charge in [-0.05, 0) is 37.5 Å². The van der Waals surface area contributed by atoms with E-state index < -0.39 is 0 Å². The van der Waals surface area contributed by atoms with Crippen LogP contribution in [-0.2, 0) is 19.0 Å². The van der Waals surface area contributed by atoms with Crippen LogP contribution in [0.3, 0.4) is 0 Å². The van der Waals surface area contributed by atoms with Gasteiger partial charge in [-0.2, -0.15) is 0 Å². The molecule has 1 heterocycles. The molecule has 1 aliphatic carbocycles. The molecule has 0 aromatic carbocycles. The number of carbonyl (C=O) groups excluding carboxylic acids is 1. The zero-order valence-corrected chi connectivity index (χ0v) is 12.3. The molecule has 1 aliphatic heterocycles. The predicted octanol–water partition coefficient (Wildman–Crippen LogP) is 2.90. The van der Waals surface area contributed by atoms with Crippen LogP contribution in [0.25, 0.3) is 0 Å². The largest absolute Gasteiger partial charge is 0.469 e. The number of fused-ring (bicyclic) bond motifs is 1. The van der Waals surface area contributed by atoms with E-state index in [-0.39, 0.29) is 17.7 Å². The number of ether oxygens (including phenoxy) is 3. The van der Waals surface area contributed by atoms with E-state index in [1.807, 2.05) is 6.92 Å². The quantitative estimate of drug-likeness (QED) is 0.721. The molecule has 4 heteroatoms. The van der Waals surface area contributed by atoms with Crippen molar-refractivity contribution in [2.24, 2.45) is 11.3 Å². The van der Waals surface area contributed by atoms with E-state index in [9.17, 15) is 4.79 Å². The van der Waals surface area contributed by atoms with E-state index in [2.05, 4.69) is 6.92 Å². The van der Waals surface area contributed by atoms with Gasteiger partial charge in [0.2, 0.25) is 0 Å². The standard InChI is InChI=1S/C15H26O4/c1-4-18-14-10-11-12(19-14)6-5-8-15(11,2)9-7-13(16)17-3/h11-12,14H,4-10H2,1-3H3/t11-,12-,14?,15-/m0/s1. The third-order valence-corrected chi connectivity index (χ3v) is 4.83. The molecule has 0 bridgehead atoms. The van der Waals surface area contributed by atoms with Crippen molar-refractivity contribution in [3.63, 3.8) is 0 Å². The molecule has 2 rings (SSSR count). The van der Waals surface area contributed by atoms with Gasteiger partial charge in [0.1, 0.15) is 0 Å². The Morgan fingerprint density at radius 1 is 1.47 bits per heavy atom. The molecule has 2 fully saturated rings. The summed E-state index contributed by atoms with van der Waals surface area (Å²) in [7, 11) is 1.46. The summed E-state index contributed by atoms with van der Waals surface area (Å²) in [5, 5.41) is 0.